The first-order valence-corrected chi connectivity index (χ1v) is 5.73. The Bertz CT molecular complexity index is 442. The van der Waals surface area contributed by atoms with Crippen LogP contribution in [0.25, 0.3) is 0 Å². The van der Waals surface area contributed by atoms with Crippen molar-refractivity contribution in [3.63, 3.8) is 0 Å². The van der Waals surface area contributed by atoms with Gasteiger partial charge in [-0.2, -0.15) is 0 Å². The Morgan fingerprint density at radius 1 is 1.62 bits per heavy atom. The molecule has 1 heterocycles. The first-order chi connectivity index (χ1) is 7.56. The van der Waals surface area contributed by atoms with Gasteiger partial charge < -0.3 is 9.30 Å². The molecule has 0 fully saturated rings. The van der Waals surface area contributed by atoms with Gasteiger partial charge in [-0.3, -0.25) is 9.59 Å². The Morgan fingerprint density at radius 3 is 2.94 bits per heavy atom. The summed E-state index contributed by atoms with van der Waals surface area (Å²) < 4.78 is 6.54. The highest BCUT2D eigenvalue weighted by Gasteiger charge is 2.08. The Hall–Kier alpha value is -1.17. The minimum absolute atomic E-state index is 0.186. The molecule has 0 unspecified atom stereocenters. The van der Waals surface area contributed by atoms with Crippen molar-refractivity contribution in [3.8, 4) is 0 Å². The Kier molecular flexibility index (Phi) is 4.67. The summed E-state index contributed by atoms with van der Waals surface area (Å²) in [5.74, 6) is -0.304. The molecule has 1 aromatic rings. The minimum Gasteiger partial charge on any atom is -0.466 e. The van der Waals surface area contributed by atoms with Crippen LogP contribution in [-0.4, -0.2) is 22.1 Å². The highest BCUT2D eigenvalue weighted by atomic mass is 79.9. The Labute approximate surface area is 102 Å². The number of hydrogen-bond donors (Lipinski definition) is 0. The zero-order valence-corrected chi connectivity index (χ0v) is 10.8. The molecule has 0 amide bonds. The fourth-order valence-corrected chi connectivity index (χ4v) is 1.58. The van der Waals surface area contributed by atoms with E-state index in [0.717, 1.165) is 5.69 Å². The van der Waals surface area contributed by atoms with E-state index in [0.29, 0.717) is 13.2 Å². The number of aryl methyl sites for hydroxylation is 1. The SMILES string of the molecule is CCOC(=O)CCn1c(C)cnc(Br)c1=O. The summed E-state index contributed by atoms with van der Waals surface area (Å²) in [5.41, 5.74) is 0.488. The number of ether oxygens (including phenoxy) is 1. The molecule has 16 heavy (non-hydrogen) atoms. The number of esters is 1. The number of hydrogen-bond acceptors (Lipinski definition) is 4. The van der Waals surface area contributed by atoms with Gasteiger partial charge in [-0.25, -0.2) is 4.98 Å². The van der Waals surface area contributed by atoms with Gasteiger partial charge in [0.2, 0.25) is 0 Å². The minimum atomic E-state index is -0.304. The number of rotatable bonds is 4. The lowest BCUT2D eigenvalue weighted by Crippen LogP contribution is -2.25. The van der Waals surface area contributed by atoms with Crippen molar-refractivity contribution in [2.24, 2.45) is 0 Å². The lowest BCUT2D eigenvalue weighted by Gasteiger charge is -2.08. The van der Waals surface area contributed by atoms with Crippen molar-refractivity contribution in [2.45, 2.75) is 26.8 Å². The zero-order chi connectivity index (χ0) is 12.1. The predicted octanol–water partition coefficient (Wildman–Crippen LogP) is 1.27. The molecule has 0 N–H and O–H groups in total. The maximum absolute atomic E-state index is 11.7. The molecule has 0 aliphatic rings. The Balaban J connectivity index is 2.78. The molecule has 0 saturated heterocycles. The second-order valence-corrected chi connectivity index (χ2v) is 3.95. The van der Waals surface area contributed by atoms with E-state index in [-0.39, 0.29) is 22.6 Å². The van der Waals surface area contributed by atoms with Gasteiger partial charge in [-0.15, -0.1) is 0 Å². The maximum atomic E-state index is 11.7. The summed E-state index contributed by atoms with van der Waals surface area (Å²) in [6, 6.07) is 0. The second-order valence-electron chi connectivity index (χ2n) is 3.20. The van der Waals surface area contributed by atoms with Crippen LogP contribution in [0.5, 0.6) is 0 Å². The number of carbonyl (C=O) groups excluding carboxylic acids is 1. The van der Waals surface area contributed by atoms with E-state index in [4.69, 9.17) is 4.74 Å². The van der Waals surface area contributed by atoms with E-state index in [1.807, 2.05) is 0 Å². The van der Waals surface area contributed by atoms with Crippen molar-refractivity contribution in [3.05, 3.63) is 26.8 Å². The molecule has 0 saturated carbocycles. The van der Waals surface area contributed by atoms with Gasteiger partial charge in [0, 0.05) is 18.4 Å². The highest BCUT2D eigenvalue weighted by molar-refractivity contribution is 9.10. The van der Waals surface area contributed by atoms with E-state index in [2.05, 4.69) is 20.9 Å². The number of nitrogens with zero attached hydrogens (tertiary/aromatic N) is 2. The average Bonchev–Trinajstić information content (AvgIpc) is 2.24. The smallest absolute Gasteiger partial charge is 0.307 e. The molecular weight excluding hydrogens is 276 g/mol. The van der Waals surface area contributed by atoms with Crippen LogP contribution < -0.4 is 5.56 Å². The third kappa shape index (κ3) is 3.16. The average molecular weight is 289 g/mol. The van der Waals surface area contributed by atoms with E-state index in [9.17, 15) is 9.59 Å². The number of carbonyl (C=O) groups is 1. The topological polar surface area (TPSA) is 61.2 Å². The summed E-state index contributed by atoms with van der Waals surface area (Å²) in [6.45, 7) is 4.18. The van der Waals surface area contributed by atoms with Crippen molar-refractivity contribution < 1.29 is 9.53 Å². The molecule has 0 spiro atoms. The van der Waals surface area contributed by atoms with Gasteiger partial charge in [-0.1, -0.05) is 0 Å². The fourth-order valence-electron chi connectivity index (χ4n) is 1.26. The molecule has 0 aliphatic heterocycles. The van der Waals surface area contributed by atoms with Crippen molar-refractivity contribution in [1.29, 1.82) is 0 Å². The molecule has 88 valence electrons. The van der Waals surface area contributed by atoms with Gasteiger partial charge in [0.1, 0.15) is 0 Å². The zero-order valence-electron chi connectivity index (χ0n) is 9.20. The highest BCUT2D eigenvalue weighted by Crippen LogP contribution is 2.01. The quantitative estimate of drug-likeness (QED) is 0.783. The molecule has 0 atom stereocenters. The first kappa shape index (κ1) is 12.9. The van der Waals surface area contributed by atoms with E-state index in [1.54, 1.807) is 20.0 Å². The summed E-state index contributed by atoms with van der Waals surface area (Å²) >= 11 is 3.06. The normalized spacial score (nSPS) is 10.2. The van der Waals surface area contributed by atoms with Crippen LogP contribution in [0, 0.1) is 6.92 Å². The van der Waals surface area contributed by atoms with Crippen LogP contribution in [0.2, 0.25) is 0 Å². The van der Waals surface area contributed by atoms with Crippen molar-refractivity contribution in [1.82, 2.24) is 9.55 Å². The van der Waals surface area contributed by atoms with E-state index < -0.39 is 0 Å². The van der Waals surface area contributed by atoms with Gasteiger partial charge >= 0.3 is 5.97 Å². The van der Waals surface area contributed by atoms with Crippen LogP contribution in [-0.2, 0) is 16.1 Å². The van der Waals surface area contributed by atoms with Crippen LogP contribution in [0.3, 0.4) is 0 Å². The fraction of sp³-hybridized carbons (Fsp3) is 0.500. The molecule has 5 nitrogen and oxygen atoms in total. The van der Waals surface area contributed by atoms with Gasteiger partial charge in [-0.05, 0) is 29.8 Å². The summed E-state index contributed by atoms with van der Waals surface area (Å²) in [4.78, 5) is 26.7. The third-order valence-corrected chi connectivity index (χ3v) is 2.60. The monoisotopic (exact) mass is 288 g/mol. The van der Waals surface area contributed by atoms with Crippen LogP contribution in [0.15, 0.2) is 15.6 Å². The molecule has 1 rings (SSSR count). The van der Waals surface area contributed by atoms with Gasteiger partial charge in [0.25, 0.3) is 5.56 Å². The van der Waals surface area contributed by atoms with E-state index >= 15 is 0 Å². The first-order valence-electron chi connectivity index (χ1n) is 4.93. The third-order valence-electron chi connectivity index (χ3n) is 2.06. The maximum Gasteiger partial charge on any atom is 0.307 e. The largest absolute Gasteiger partial charge is 0.466 e. The molecule has 0 aromatic carbocycles. The molecule has 0 aliphatic carbocycles. The molecular formula is C10H13BrN2O3. The molecule has 6 heteroatoms. The van der Waals surface area contributed by atoms with E-state index in [1.165, 1.54) is 4.57 Å². The Morgan fingerprint density at radius 2 is 2.31 bits per heavy atom. The predicted molar refractivity (Wildman–Crippen MR) is 62.2 cm³/mol. The van der Waals surface area contributed by atoms with Crippen LogP contribution in [0.4, 0.5) is 0 Å². The van der Waals surface area contributed by atoms with Crippen LogP contribution >= 0.6 is 15.9 Å². The molecule has 1 aromatic heterocycles. The van der Waals surface area contributed by atoms with Crippen molar-refractivity contribution >= 4 is 21.9 Å². The number of halogens is 1. The lowest BCUT2D eigenvalue weighted by molar-refractivity contribution is -0.143. The molecule has 0 bridgehead atoms. The summed E-state index contributed by atoms with van der Waals surface area (Å²) in [6.07, 6.45) is 1.77. The number of aromatic nitrogens is 2. The second kappa shape index (κ2) is 5.79. The van der Waals surface area contributed by atoms with Gasteiger partial charge in [0.05, 0.1) is 13.0 Å². The van der Waals surface area contributed by atoms with Crippen LogP contribution in [0.1, 0.15) is 19.0 Å². The molecule has 0 radical (unpaired) electrons. The summed E-state index contributed by atoms with van der Waals surface area (Å²) in [5, 5.41) is 0. The van der Waals surface area contributed by atoms with Crippen molar-refractivity contribution in [2.75, 3.05) is 6.61 Å². The lowest BCUT2D eigenvalue weighted by atomic mass is 10.4. The standard InChI is InChI=1S/C10H13BrN2O3/c1-3-16-8(14)4-5-13-7(2)6-12-9(11)10(13)15/h6H,3-5H2,1-2H3. The summed E-state index contributed by atoms with van der Waals surface area (Å²) in [7, 11) is 0. The van der Waals surface area contributed by atoms with Gasteiger partial charge in [0.15, 0.2) is 4.60 Å².